The summed E-state index contributed by atoms with van der Waals surface area (Å²) in [6.45, 7) is 2.19. The molecule has 1 atom stereocenters. The van der Waals surface area contributed by atoms with Crippen molar-refractivity contribution in [1.29, 1.82) is 0 Å². The molecule has 0 saturated heterocycles. The van der Waals surface area contributed by atoms with Gasteiger partial charge in [-0.1, -0.05) is 6.07 Å². The quantitative estimate of drug-likeness (QED) is 0.798. The van der Waals surface area contributed by atoms with Crippen LogP contribution in [0.15, 0.2) is 18.2 Å². The van der Waals surface area contributed by atoms with Gasteiger partial charge in [-0.25, -0.2) is 0 Å². The molecule has 1 aliphatic rings. The van der Waals surface area contributed by atoms with Gasteiger partial charge >= 0.3 is 0 Å². The van der Waals surface area contributed by atoms with Crippen LogP contribution in [0.25, 0.3) is 0 Å². The molecule has 0 fully saturated rings. The van der Waals surface area contributed by atoms with Crippen molar-refractivity contribution < 1.29 is 19.4 Å². The van der Waals surface area contributed by atoms with Crippen molar-refractivity contribution in [2.45, 2.75) is 19.4 Å². The minimum absolute atomic E-state index is 0.261. The maximum absolute atomic E-state index is 11.1. The Labute approximate surface area is 99.3 Å². The smallest absolute Gasteiger partial charge is 0.248 e. The van der Waals surface area contributed by atoms with E-state index in [-0.39, 0.29) is 12.7 Å². The fourth-order valence-electron chi connectivity index (χ4n) is 1.57. The van der Waals surface area contributed by atoms with E-state index in [0.29, 0.717) is 13.0 Å². The van der Waals surface area contributed by atoms with E-state index in [1.165, 1.54) is 6.92 Å². The van der Waals surface area contributed by atoms with Gasteiger partial charge in [-0.3, -0.25) is 4.79 Å². The Morgan fingerprint density at radius 2 is 2.24 bits per heavy atom. The van der Waals surface area contributed by atoms with Crippen molar-refractivity contribution in [1.82, 2.24) is 5.32 Å². The second-order valence-corrected chi connectivity index (χ2v) is 3.90. The van der Waals surface area contributed by atoms with E-state index in [2.05, 4.69) is 5.32 Å². The monoisotopic (exact) mass is 237 g/mol. The van der Waals surface area contributed by atoms with E-state index in [1.54, 1.807) is 0 Å². The molecule has 5 nitrogen and oxygen atoms in total. The third-order valence-electron chi connectivity index (χ3n) is 2.53. The number of fused-ring (bicyclic) bond motifs is 1. The van der Waals surface area contributed by atoms with Crippen molar-refractivity contribution in [2.24, 2.45) is 0 Å². The van der Waals surface area contributed by atoms with E-state index >= 15 is 0 Å². The van der Waals surface area contributed by atoms with Gasteiger partial charge in [0.1, 0.15) is 6.10 Å². The molecular formula is C12H15NO4. The number of ether oxygens (including phenoxy) is 2. The molecule has 1 heterocycles. The van der Waals surface area contributed by atoms with Crippen LogP contribution < -0.4 is 14.8 Å². The zero-order valence-electron chi connectivity index (χ0n) is 9.60. The highest BCUT2D eigenvalue weighted by atomic mass is 16.7. The predicted octanol–water partition coefficient (Wildman–Crippen LogP) is 0.455. The van der Waals surface area contributed by atoms with Gasteiger partial charge in [-0.05, 0) is 31.0 Å². The topological polar surface area (TPSA) is 67.8 Å². The lowest BCUT2D eigenvalue weighted by Gasteiger charge is -2.07. The fourth-order valence-corrected chi connectivity index (χ4v) is 1.57. The molecule has 2 rings (SSSR count). The number of nitrogens with one attached hydrogen (secondary N) is 1. The summed E-state index contributed by atoms with van der Waals surface area (Å²) in [5.74, 6) is 1.14. The average Bonchev–Trinajstić information content (AvgIpc) is 2.75. The maximum atomic E-state index is 11.1. The molecule has 1 aromatic rings. The summed E-state index contributed by atoms with van der Waals surface area (Å²) in [5.41, 5.74) is 1.06. The molecule has 0 bridgehead atoms. The molecule has 0 aliphatic carbocycles. The first-order valence-corrected chi connectivity index (χ1v) is 5.51. The van der Waals surface area contributed by atoms with Crippen molar-refractivity contribution >= 4 is 5.91 Å². The molecule has 17 heavy (non-hydrogen) atoms. The lowest BCUT2D eigenvalue weighted by Crippen LogP contribution is -2.33. The largest absolute Gasteiger partial charge is 0.454 e. The van der Waals surface area contributed by atoms with Crippen LogP contribution >= 0.6 is 0 Å². The SMILES string of the molecule is C[C@@H](O)C(=O)NCCc1ccc2c(c1)OCO2. The summed E-state index contributed by atoms with van der Waals surface area (Å²) in [4.78, 5) is 11.1. The highest BCUT2D eigenvalue weighted by Gasteiger charge is 2.13. The summed E-state index contributed by atoms with van der Waals surface area (Å²) in [7, 11) is 0. The summed E-state index contributed by atoms with van der Waals surface area (Å²) in [6, 6.07) is 5.69. The molecule has 5 heteroatoms. The molecule has 2 N–H and O–H groups in total. The first-order chi connectivity index (χ1) is 8.16. The normalized spacial score (nSPS) is 14.5. The maximum Gasteiger partial charge on any atom is 0.248 e. The van der Waals surface area contributed by atoms with E-state index in [0.717, 1.165) is 17.1 Å². The minimum atomic E-state index is -0.966. The third-order valence-corrected chi connectivity index (χ3v) is 2.53. The molecule has 1 aromatic carbocycles. The molecule has 92 valence electrons. The van der Waals surface area contributed by atoms with Gasteiger partial charge in [-0.2, -0.15) is 0 Å². The van der Waals surface area contributed by atoms with Crippen LogP contribution in [0.3, 0.4) is 0 Å². The van der Waals surface area contributed by atoms with Crippen LogP contribution in [-0.2, 0) is 11.2 Å². The molecule has 0 radical (unpaired) electrons. The fraction of sp³-hybridized carbons (Fsp3) is 0.417. The second-order valence-electron chi connectivity index (χ2n) is 3.90. The van der Waals surface area contributed by atoms with E-state index < -0.39 is 6.10 Å². The van der Waals surface area contributed by atoms with Crippen LogP contribution in [-0.4, -0.2) is 30.5 Å². The van der Waals surface area contributed by atoms with E-state index in [1.807, 2.05) is 18.2 Å². The zero-order valence-corrected chi connectivity index (χ0v) is 9.60. The van der Waals surface area contributed by atoms with Crippen LogP contribution in [0.4, 0.5) is 0 Å². The van der Waals surface area contributed by atoms with Crippen LogP contribution in [0.1, 0.15) is 12.5 Å². The Bertz CT molecular complexity index is 417. The number of carbonyl (C=O) groups is 1. The number of aliphatic hydroxyl groups is 1. The third kappa shape index (κ3) is 2.88. The summed E-state index contributed by atoms with van der Waals surface area (Å²) >= 11 is 0. The van der Waals surface area contributed by atoms with Crippen LogP contribution in [0.2, 0.25) is 0 Å². The molecule has 1 aliphatic heterocycles. The van der Waals surface area contributed by atoms with Gasteiger partial charge < -0.3 is 19.9 Å². The molecule has 0 aromatic heterocycles. The first kappa shape index (κ1) is 11.7. The summed E-state index contributed by atoms with van der Waals surface area (Å²) < 4.78 is 10.5. The highest BCUT2D eigenvalue weighted by Crippen LogP contribution is 2.32. The Balaban J connectivity index is 1.85. The molecular weight excluding hydrogens is 222 g/mol. The molecule has 0 saturated carbocycles. The van der Waals surface area contributed by atoms with Crippen LogP contribution in [0.5, 0.6) is 11.5 Å². The van der Waals surface area contributed by atoms with Crippen molar-refractivity contribution in [3.05, 3.63) is 23.8 Å². The van der Waals surface area contributed by atoms with Gasteiger partial charge in [0.15, 0.2) is 11.5 Å². The number of benzene rings is 1. The molecule has 0 spiro atoms. The summed E-state index contributed by atoms with van der Waals surface area (Å²) in [5, 5.41) is 11.6. The average molecular weight is 237 g/mol. The van der Waals surface area contributed by atoms with Gasteiger partial charge in [-0.15, -0.1) is 0 Å². The number of rotatable bonds is 4. The highest BCUT2D eigenvalue weighted by molar-refractivity contribution is 5.79. The second kappa shape index (κ2) is 5.05. The van der Waals surface area contributed by atoms with Crippen LogP contribution in [0, 0.1) is 0 Å². The first-order valence-electron chi connectivity index (χ1n) is 5.51. The number of hydrogen-bond donors (Lipinski definition) is 2. The minimum Gasteiger partial charge on any atom is -0.454 e. The Morgan fingerprint density at radius 3 is 3.00 bits per heavy atom. The van der Waals surface area contributed by atoms with Gasteiger partial charge in [0, 0.05) is 6.54 Å². The Hall–Kier alpha value is -1.75. The van der Waals surface area contributed by atoms with Gasteiger partial charge in [0.25, 0.3) is 0 Å². The zero-order chi connectivity index (χ0) is 12.3. The van der Waals surface area contributed by atoms with Crippen molar-refractivity contribution in [2.75, 3.05) is 13.3 Å². The Morgan fingerprint density at radius 1 is 1.47 bits per heavy atom. The van der Waals surface area contributed by atoms with E-state index in [9.17, 15) is 4.79 Å². The lowest BCUT2D eigenvalue weighted by atomic mass is 10.1. The summed E-state index contributed by atoms with van der Waals surface area (Å²) in [6.07, 6.45) is -0.276. The molecule has 1 amide bonds. The van der Waals surface area contributed by atoms with Gasteiger partial charge in [0.05, 0.1) is 0 Å². The lowest BCUT2D eigenvalue weighted by molar-refractivity contribution is -0.128. The number of hydrogen-bond acceptors (Lipinski definition) is 4. The van der Waals surface area contributed by atoms with Gasteiger partial charge in [0.2, 0.25) is 12.7 Å². The van der Waals surface area contributed by atoms with E-state index in [4.69, 9.17) is 14.6 Å². The molecule has 0 unspecified atom stereocenters. The number of amides is 1. The number of aliphatic hydroxyl groups excluding tert-OH is 1. The predicted molar refractivity (Wildman–Crippen MR) is 61.0 cm³/mol. The van der Waals surface area contributed by atoms with Crippen molar-refractivity contribution in [3.8, 4) is 11.5 Å². The standard InChI is InChI=1S/C12H15NO4/c1-8(14)12(15)13-5-4-9-2-3-10-11(6-9)17-7-16-10/h2-3,6,8,14H,4-5,7H2,1H3,(H,13,15)/t8-/m1/s1. The number of carbonyl (C=O) groups excluding carboxylic acids is 1. The van der Waals surface area contributed by atoms with Crippen molar-refractivity contribution in [3.63, 3.8) is 0 Å². The Kier molecular flexibility index (Phi) is 3.49.